The van der Waals surface area contributed by atoms with Crippen LogP contribution in [-0.2, 0) is 6.42 Å². The smallest absolute Gasteiger partial charge is 0.0492 e. The summed E-state index contributed by atoms with van der Waals surface area (Å²) in [6.45, 7) is 4.44. The largest absolute Gasteiger partial charge is 0.396 e. The Balaban J connectivity index is 2.09. The number of aryl methyl sites for hydroxylation is 1. The van der Waals surface area contributed by atoms with Crippen LogP contribution in [0.1, 0.15) is 24.2 Å². The number of hydrogen-bond donors (Lipinski definition) is 1. The predicted octanol–water partition coefficient (Wildman–Crippen LogP) is 1.64. The molecule has 0 unspecified atom stereocenters. The average molecular weight is 234 g/mol. The summed E-state index contributed by atoms with van der Waals surface area (Å²) in [6.07, 6.45) is 3.03. The molecule has 1 saturated heterocycles. The van der Waals surface area contributed by atoms with E-state index in [9.17, 15) is 5.11 Å². The number of hydrogen-bond acceptors (Lipinski definition) is 3. The van der Waals surface area contributed by atoms with Gasteiger partial charge in [-0.25, -0.2) is 0 Å². The highest BCUT2D eigenvalue weighted by Crippen LogP contribution is 2.33. The lowest BCUT2D eigenvalue weighted by atomic mass is 9.75. The van der Waals surface area contributed by atoms with Gasteiger partial charge in [0.25, 0.3) is 0 Å². The molecule has 0 aliphatic carbocycles. The van der Waals surface area contributed by atoms with Gasteiger partial charge in [-0.15, -0.1) is 0 Å². The van der Waals surface area contributed by atoms with E-state index in [1.807, 2.05) is 13.0 Å². The van der Waals surface area contributed by atoms with Crippen LogP contribution in [0, 0.1) is 12.3 Å². The van der Waals surface area contributed by atoms with Crippen molar-refractivity contribution in [2.24, 2.45) is 5.41 Å². The van der Waals surface area contributed by atoms with Crippen molar-refractivity contribution in [1.29, 1.82) is 0 Å². The Morgan fingerprint density at radius 3 is 2.65 bits per heavy atom. The second kappa shape index (κ2) is 5.15. The van der Waals surface area contributed by atoms with Crippen LogP contribution in [0.5, 0.6) is 0 Å². The van der Waals surface area contributed by atoms with Gasteiger partial charge in [-0.2, -0.15) is 0 Å². The van der Waals surface area contributed by atoms with Gasteiger partial charge in [0.05, 0.1) is 0 Å². The maximum absolute atomic E-state index is 9.71. The lowest BCUT2D eigenvalue weighted by Crippen LogP contribution is -2.41. The number of nitrogens with zero attached hydrogens (tertiary/aromatic N) is 2. The highest BCUT2D eigenvalue weighted by molar-refractivity contribution is 5.12. The van der Waals surface area contributed by atoms with E-state index in [0.29, 0.717) is 0 Å². The number of likely N-dealkylation sites (tertiary alicyclic amines) is 1. The molecule has 0 spiro atoms. The van der Waals surface area contributed by atoms with E-state index in [0.717, 1.165) is 43.7 Å². The molecular weight excluding hydrogens is 212 g/mol. The fraction of sp³-hybridized carbons (Fsp3) is 0.643. The van der Waals surface area contributed by atoms with Gasteiger partial charge in [0.1, 0.15) is 0 Å². The lowest BCUT2D eigenvalue weighted by molar-refractivity contribution is 0.0524. The number of aliphatic hydroxyl groups is 1. The van der Waals surface area contributed by atoms with E-state index in [-0.39, 0.29) is 12.0 Å². The quantitative estimate of drug-likeness (QED) is 0.863. The van der Waals surface area contributed by atoms with Crippen molar-refractivity contribution in [3.63, 3.8) is 0 Å². The molecular formula is C14H22N2O. The third-order valence-corrected chi connectivity index (χ3v) is 3.89. The fourth-order valence-corrected chi connectivity index (χ4v) is 2.57. The van der Waals surface area contributed by atoms with Gasteiger partial charge in [0.2, 0.25) is 0 Å². The number of piperidine rings is 1. The second-order valence-electron chi connectivity index (χ2n) is 5.41. The number of rotatable bonds is 3. The average Bonchev–Trinajstić information content (AvgIpc) is 2.33. The molecule has 1 N–H and O–H groups in total. The topological polar surface area (TPSA) is 36.4 Å². The van der Waals surface area contributed by atoms with E-state index in [1.54, 1.807) is 0 Å². The van der Waals surface area contributed by atoms with E-state index >= 15 is 0 Å². The molecule has 0 atom stereocenters. The molecule has 17 heavy (non-hydrogen) atoms. The first-order valence-corrected chi connectivity index (χ1v) is 6.35. The van der Waals surface area contributed by atoms with Crippen molar-refractivity contribution in [1.82, 2.24) is 9.88 Å². The summed E-state index contributed by atoms with van der Waals surface area (Å²) in [6, 6.07) is 6.14. The van der Waals surface area contributed by atoms with Gasteiger partial charge in [-0.05, 0) is 58.5 Å². The van der Waals surface area contributed by atoms with Crippen molar-refractivity contribution in [3.05, 3.63) is 29.6 Å². The third-order valence-electron chi connectivity index (χ3n) is 3.89. The zero-order valence-corrected chi connectivity index (χ0v) is 10.8. The molecule has 3 heteroatoms. The molecule has 3 nitrogen and oxygen atoms in total. The Morgan fingerprint density at radius 2 is 2.06 bits per heavy atom. The Hall–Kier alpha value is -0.930. The van der Waals surface area contributed by atoms with Gasteiger partial charge in [0, 0.05) is 23.4 Å². The summed E-state index contributed by atoms with van der Waals surface area (Å²) in [5.74, 6) is 0. The molecule has 2 rings (SSSR count). The molecule has 1 fully saturated rings. The normalized spacial score (nSPS) is 20.4. The zero-order chi connectivity index (χ0) is 12.3. The van der Waals surface area contributed by atoms with Crippen LogP contribution in [-0.4, -0.2) is 41.7 Å². The molecule has 1 aromatic heterocycles. The first-order chi connectivity index (χ1) is 8.13. The first kappa shape index (κ1) is 12.5. The molecule has 94 valence electrons. The summed E-state index contributed by atoms with van der Waals surface area (Å²) >= 11 is 0. The van der Waals surface area contributed by atoms with Crippen molar-refractivity contribution >= 4 is 0 Å². The van der Waals surface area contributed by atoms with Crippen molar-refractivity contribution in [2.75, 3.05) is 26.7 Å². The van der Waals surface area contributed by atoms with E-state index < -0.39 is 0 Å². The van der Waals surface area contributed by atoms with Crippen LogP contribution in [0.25, 0.3) is 0 Å². The van der Waals surface area contributed by atoms with Crippen LogP contribution in [0.15, 0.2) is 18.2 Å². The van der Waals surface area contributed by atoms with Crippen molar-refractivity contribution < 1.29 is 5.11 Å². The monoisotopic (exact) mass is 234 g/mol. The maximum atomic E-state index is 9.71. The van der Waals surface area contributed by atoms with E-state index in [1.165, 1.54) is 0 Å². The minimum Gasteiger partial charge on any atom is -0.396 e. The Bertz CT molecular complexity index is 370. The summed E-state index contributed by atoms with van der Waals surface area (Å²) in [7, 11) is 2.15. The molecule has 0 bridgehead atoms. The number of aliphatic hydroxyl groups excluding tert-OH is 1. The first-order valence-electron chi connectivity index (χ1n) is 6.35. The maximum Gasteiger partial charge on any atom is 0.0492 e. The molecule has 0 aromatic carbocycles. The van der Waals surface area contributed by atoms with Crippen LogP contribution in [0.4, 0.5) is 0 Å². The zero-order valence-electron chi connectivity index (χ0n) is 10.8. The van der Waals surface area contributed by atoms with E-state index in [4.69, 9.17) is 0 Å². The number of aromatic nitrogens is 1. The van der Waals surface area contributed by atoms with Gasteiger partial charge in [-0.3, -0.25) is 4.98 Å². The molecule has 1 aliphatic rings. The Labute approximate surface area is 103 Å². The molecule has 1 aliphatic heterocycles. The predicted molar refractivity (Wildman–Crippen MR) is 68.9 cm³/mol. The third kappa shape index (κ3) is 3.05. The van der Waals surface area contributed by atoms with E-state index in [2.05, 4.69) is 29.1 Å². The molecule has 2 heterocycles. The lowest BCUT2D eigenvalue weighted by Gasteiger charge is -2.39. The molecule has 0 amide bonds. The highest BCUT2D eigenvalue weighted by Gasteiger charge is 2.33. The standard InChI is InChI=1S/C14H22N2O/c1-12-4-3-5-13(15-12)10-14(11-17)6-8-16(2)9-7-14/h3-5,17H,6-11H2,1-2H3. The number of pyridine rings is 1. The SMILES string of the molecule is Cc1cccc(CC2(CO)CCN(C)CC2)n1. The molecule has 0 saturated carbocycles. The van der Waals surface area contributed by atoms with Crippen LogP contribution in [0.2, 0.25) is 0 Å². The van der Waals surface area contributed by atoms with Crippen molar-refractivity contribution in [3.8, 4) is 0 Å². The second-order valence-corrected chi connectivity index (χ2v) is 5.41. The van der Waals surface area contributed by atoms with Gasteiger partial charge < -0.3 is 10.0 Å². The summed E-state index contributed by atoms with van der Waals surface area (Å²) in [5.41, 5.74) is 2.22. The molecule has 1 aromatic rings. The minimum absolute atomic E-state index is 0.0489. The molecule has 0 radical (unpaired) electrons. The summed E-state index contributed by atoms with van der Waals surface area (Å²) in [5, 5.41) is 9.71. The van der Waals surface area contributed by atoms with Crippen LogP contribution in [0.3, 0.4) is 0 Å². The summed E-state index contributed by atoms with van der Waals surface area (Å²) in [4.78, 5) is 6.89. The summed E-state index contributed by atoms with van der Waals surface area (Å²) < 4.78 is 0. The van der Waals surface area contributed by atoms with Crippen LogP contribution < -0.4 is 0 Å². The van der Waals surface area contributed by atoms with Crippen LogP contribution >= 0.6 is 0 Å². The van der Waals surface area contributed by atoms with Crippen molar-refractivity contribution in [2.45, 2.75) is 26.2 Å². The Morgan fingerprint density at radius 1 is 1.35 bits per heavy atom. The fourth-order valence-electron chi connectivity index (χ4n) is 2.57. The Kier molecular flexibility index (Phi) is 3.79. The van der Waals surface area contributed by atoms with Gasteiger partial charge in [0.15, 0.2) is 0 Å². The van der Waals surface area contributed by atoms with Gasteiger partial charge >= 0.3 is 0 Å². The minimum atomic E-state index is 0.0489. The van der Waals surface area contributed by atoms with Gasteiger partial charge in [-0.1, -0.05) is 6.07 Å². The highest BCUT2D eigenvalue weighted by atomic mass is 16.3.